The van der Waals surface area contributed by atoms with Gasteiger partial charge in [0.05, 0.1) is 12.9 Å². The minimum atomic E-state index is 0.101. The summed E-state index contributed by atoms with van der Waals surface area (Å²) < 4.78 is 7.09. The fourth-order valence-electron chi connectivity index (χ4n) is 3.54. The molecule has 0 spiro atoms. The predicted molar refractivity (Wildman–Crippen MR) is 110 cm³/mol. The number of methoxy groups -OCH3 is 1. The van der Waals surface area contributed by atoms with Gasteiger partial charge in [-0.2, -0.15) is 0 Å². The molecular formula is C21H22N4O2S. The van der Waals surface area contributed by atoms with Crippen molar-refractivity contribution in [1.82, 2.24) is 14.8 Å². The summed E-state index contributed by atoms with van der Waals surface area (Å²) in [6, 6.07) is 13.9. The highest BCUT2D eigenvalue weighted by Crippen LogP contribution is 2.31. The van der Waals surface area contributed by atoms with Gasteiger partial charge in [0, 0.05) is 17.9 Å². The number of hydrogen-bond acceptors (Lipinski definition) is 5. The van der Waals surface area contributed by atoms with Crippen LogP contribution in [0, 0.1) is 6.92 Å². The molecule has 1 aliphatic rings. The quantitative estimate of drug-likeness (QED) is 0.618. The van der Waals surface area contributed by atoms with Crippen molar-refractivity contribution in [3.05, 3.63) is 59.9 Å². The van der Waals surface area contributed by atoms with Crippen LogP contribution in [0.3, 0.4) is 0 Å². The van der Waals surface area contributed by atoms with Gasteiger partial charge in [-0.05, 0) is 55.2 Å². The fourth-order valence-corrected chi connectivity index (χ4v) is 4.35. The van der Waals surface area contributed by atoms with E-state index in [0.29, 0.717) is 10.9 Å². The minimum Gasteiger partial charge on any atom is -0.497 e. The summed E-state index contributed by atoms with van der Waals surface area (Å²) in [5.74, 6) is 1.22. The number of para-hydroxylation sites is 1. The lowest BCUT2D eigenvalue weighted by Crippen LogP contribution is -2.37. The number of anilines is 1. The molecule has 1 amide bonds. The zero-order chi connectivity index (χ0) is 19.5. The molecule has 0 unspecified atom stereocenters. The smallest absolute Gasteiger partial charge is 0.237 e. The SMILES string of the molecule is COc1ccc(-n2cnnc2SCC(=O)N2CCCc3cccc(C)c32)cc1. The highest BCUT2D eigenvalue weighted by atomic mass is 32.2. The second-order valence-electron chi connectivity index (χ2n) is 6.70. The average molecular weight is 395 g/mol. The van der Waals surface area contributed by atoms with Crippen molar-refractivity contribution < 1.29 is 9.53 Å². The lowest BCUT2D eigenvalue weighted by molar-refractivity contribution is -0.116. The van der Waals surface area contributed by atoms with Crippen molar-refractivity contribution in [2.45, 2.75) is 24.9 Å². The lowest BCUT2D eigenvalue weighted by atomic mass is 9.98. The third-order valence-corrected chi connectivity index (χ3v) is 5.84. The van der Waals surface area contributed by atoms with Gasteiger partial charge in [-0.1, -0.05) is 30.0 Å². The van der Waals surface area contributed by atoms with Crippen LogP contribution in [0.1, 0.15) is 17.5 Å². The number of carbonyl (C=O) groups excluding carboxylic acids is 1. The van der Waals surface area contributed by atoms with E-state index in [2.05, 4.69) is 35.3 Å². The number of ether oxygens (including phenoxy) is 1. The molecule has 0 bridgehead atoms. The first-order chi connectivity index (χ1) is 13.7. The normalized spacial score (nSPS) is 13.3. The zero-order valence-electron chi connectivity index (χ0n) is 16.0. The molecule has 144 valence electrons. The van der Waals surface area contributed by atoms with E-state index >= 15 is 0 Å². The Balaban J connectivity index is 1.49. The second-order valence-corrected chi connectivity index (χ2v) is 7.64. The van der Waals surface area contributed by atoms with Gasteiger partial charge < -0.3 is 9.64 Å². The number of amides is 1. The molecule has 2 aromatic carbocycles. The second kappa shape index (κ2) is 8.06. The monoisotopic (exact) mass is 394 g/mol. The summed E-state index contributed by atoms with van der Waals surface area (Å²) in [6.45, 7) is 2.83. The van der Waals surface area contributed by atoms with E-state index in [4.69, 9.17) is 4.74 Å². The molecule has 0 saturated heterocycles. The van der Waals surface area contributed by atoms with Gasteiger partial charge in [0.15, 0.2) is 5.16 Å². The van der Waals surface area contributed by atoms with Gasteiger partial charge >= 0.3 is 0 Å². The van der Waals surface area contributed by atoms with Crippen molar-refractivity contribution in [3.63, 3.8) is 0 Å². The number of aryl methyl sites for hydroxylation is 2. The molecule has 2 heterocycles. The molecule has 0 fully saturated rings. The number of benzene rings is 2. The number of rotatable bonds is 5. The van der Waals surface area contributed by atoms with Crippen LogP contribution in [0.5, 0.6) is 5.75 Å². The Hall–Kier alpha value is -2.80. The molecular weight excluding hydrogens is 372 g/mol. The molecule has 0 radical (unpaired) electrons. The summed E-state index contributed by atoms with van der Waals surface area (Å²) in [5, 5.41) is 8.90. The number of aromatic nitrogens is 3. The molecule has 0 saturated carbocycles. The van der Waals surface area contributed by atoms with Crippen molar-refractivity contribution >= 4 is 23.4 Å². The first kappa shape index (κ1) is 18.6. The minimum absolute atomic E-state index is 0.101. The van der Waals surface area contributed by atoms with E-state index in [9.17, 15) is 4.79 Å². The van der Waals surface area contributed by atoms with Crippen LogP contribution in [0.4, 0.5) is 5.69 Å². The number of thioether (sulfide) groups is 1. The molecule has 3 aromatic rings. The summed E-state index contributed by atoms with van der Waals surface area (Å²) >= 11 is 1.41. The number of carbonyl (C=O) groups is 1. The largest absolute Gasteiger partial charge is 0.497 e. The fraction of sp³-hybridized carbons (Fsp3) is 0.286. The van der Waals surface area contributed by atoms with Gasteiger partial charge in [-0.25, -0.2) is 0 Å². The molecule has 0 N–H and O–H groups in total. The van der Waals surface area contributed by atoms with Crippen molar-refractivity contribution in [3.8, 4) is 11.4 Å². The third kappa shape index (κ3) is 3.62. The van der Waals surface area contributed by atoms with Crippen molar-refractivity contribution in [1.29, 1.82) is 0 Å². The zero-order valence-corrected chi connectivity index (χ0v) is 16.8. The van der Waals surface area contributed by atoms with Gasteiger partial charge in [0.1, 0.15) is 12.1 Å². The maximum atomic E-state index is 13.0. The average Bonchev–Trinajstić information content (AvgIpc) is 3.20. The van der Waals surface area contributed by atoms with Gasteiger partial charge in [-0.3, -0.25) is 9.36 Å². The van der Waals surface area contributed by atoms with Crippen LogP contribution >= 0.6 is 11.8 Å². The third-order valence-electron chi connectivity index (χ3n) is 4.91. The van der Waals surface area contributed by atoms with E-state index in [-0.39, 0.29) is 5.91 Å². The molecule has 0 aliphatic carbocycles. The maximum absolute atomic E-state index is 13.0. The summed E-state index contributed by atoms with van der Waals surface area (Å²) in [7, 11) is 1.64. The Morgan fingerprint density at radius 2 is 2.04 bits per heavy atom. The van der Waals surface area contributed by atoms with E-state index in [1.165, 1.54) is 17.3 Å². The van der Waals surface area contributed by atoms with Gasteiger partial charge in [0.2, 0.25) is 5.91 Å². The van der Waals surface area contributed by atoms with Gasteiger partial charge in [0.25, 0.3) is 0 Å². The molecule has 1 aliphatic heterocycles. The summed E-state index contributed by atoms with van der Waals surface area (Å²) in [6.07, 6.45) is 3.68. The Bertz CT molecular complexity index is 984. The van der Waals surface area contributed by atoms with Crippen LogP contribution in [0.2, 0.25) is 0 Å². The van der Waals surface area contributed by atoms with Crippen LogP contribution in [-0.4, -0.2) is 40.1 Å². The molecule has 0 atom stereocenters. The maximum Gasteiger partial charge on any atom is 0.237 e. The van der Waals surface area contributed by atoms with Crippen LogP contribution < -0.4 is 9.64 Å². The first-order valence-electron chi connectivity index (χ1n) is 9.23. The van der Waals surface area contributed by atoms with E-state index in [0.717, 1.165) is 42.1 Å². The number of fused-ring (bicyclic) bond motifs is 1. The topological polar surface area (TPSA) is 60.2 Å². The highest BCUT2D eigenvalue weighted by Gasteiger charge is 2.24. The Morgan fingerprint density at radius 3 is 2.82 bits per heavy atom. The van der Waals surface area contributed by atoms with Crippen LogP contribution in [-0.2, 0) is 11.2 Å². The molecule has 4 rings (SSSR count). The first-order valence-corrected chi connectivity index (χ1v) is 10.2. The summed E-state index contributed by atoms with van der Waals surface area (Å²) in [5.41, 5.74) is 4.42. The standard InChI is InChI=1S/C21H22N4O2S/c1-15-5-3-6-16-7-4-12-24(20(15)16)19(26)13-28-21-23-22-14-25(21)17-8-10-18(27-2)11-9-17/h3,5-6,8-11,14H,4,7,12-13H2,1-2H3. The number of nitrogens with zero attached hydrogens (tertiary/aromatic N) is 4. The van der Waals surface area contributed by atoms with E-state index in [1.807, 2.05) is 33.7 Å². The predicted octanol–water partition coefficient (Wildman–Crippen LogP) is 3.66. The summed E-state index contributed by atoms with van der Waals surface area (Å²) in [4.78, 5) is 14.9. The Morgan fingerprint density at radius 1 is 1.21 bits per heavy atom. The van der Waals surface area contributed by atoms with Crippen LogP contribution in [0.25, 0.3) is 5.69 Å². The lowest BCUT2D eigenvalue weighted by Gasteiger charge is -2.31. The Labute approximate surface area is 168 Å². The van der Waals surface area contributed by atoms with E-state index in [1.54, 1.807) is 13.4 Å². The molecule has 6 nitrogen and oxygen atoms in total. The Kier molecular flexibility index (Phi) is 5.34. The highest BCUT2D eigenvalue weighted by molar-refractivity contribution is 7.99. The molecule has 1 aromatic heterocycles. The van der Waals surface area contributed by atoms with Crippen molar-refractivity contribution in [2.24, 2.45) is 0 Å². The van der Waals surface area contributed by atoms with Crippen LogP contribution in [0.15, 0.2) is 53.9 Å². The molecule has 28 heavy (non-hydrogen) atoms. The van der Waals surface area contributed by atoms with Crippen molar-refractivity contribution in [2.75, 3.05) is 24.3 Å². The van der Waals surface area contributed by atoms with Gasteiger partial charge in [-0.15, -0.1) is 10.2 Å². The number of hydrogen-bond donors (Lipinski definition) is 0. The molecule has 7 heteroatoms. The van der Waals surface area contributed by atoms with E-state index < -0.39 is 0 Å².